The van der Waals surface area contributed by atoms with Gasteiger partial charge >= 0.3 is 12.2 Å². The molecule has 0 aliphatic heterocycles. The summed E-state index contributed by atoms with van der Waals surface area (Å²) in [7, 11) is 0. The molecule has 2 aromatic heterocycles. The first-order valence-corrected chi connectivity index (χ1v) is 16.4. The summed E-state index contributed by atoms with van der Waals surface area (Å²) in [6, 6.07) is 22.3. The first-order valence-electron chi connectivity index (χ1n) is 16.4. The molecule has 11 heteroatoms. The van der Waals surface area contributed by atoms with Gasteiger partial charge in [-0.3, -0.25) is 14.8 Å². The lowest BCUT2D eigenvalue weighted by Crippen LogP contribution is -2.54. The van der Waals surface area contributed by atoms with E-state index in [4.69, 9.17) is 9.47 Å². The highest BCUT2D eigenvalue weighted by Gasteiger charge is 2.30. The summed E-state index contributed by atoms with van der Waals surface area (Å²) in [4.78, 5) is 47.5. The van der Waals surface area contributed by atoms with Crippen LogP contribution in [-0.2, 0) is 40.3 Å². The van der Waals surface area contributed by atoms with Crippen LogP contribution in [0.15, 0.2) is 104 Å². The zero-order valence-electron chi connectivity index (χ0n) is 28.1. The van der Waals surface area contributed by atoms with Gasteiger partial charge in [0.15, 0.2) is 0 Å². The molecule has 4 N–H and O–H groups in total. The molecule has 2 aromatic carbocycles. The Morgan fingerprint density at radius 2 is 1.31 bits per heavy atom. The van der Waals surface area contributed by atoms with E-state index >= 15 is 0 Å². The molecule has 49 heavy (non-hydrogen) atoms. The smallest absolute Gasteiger partial charge is 0.408 e. The third-order valence-electron chi connectivity index (χ3n) is 7.88. The van der Waals surface area contributed by atoms with E-state index in [-0.39, 0.29) is 25.6 Å². The Kier molecular flexibility index (Phi) is 14.1. The number of rotatable bonds is 16. The molecule has 0 aliphatic rings. The zero-order chi connectivity index (χ0) is 35.0. The normalized spacial score (nSPS) is 13.4. The number of aliphatic hydroxyl groups is 1. The molecule has 0 fully saturated rings. The van der Waals surface area contributed by atoms with Crippen LogP contribution in [0, 0.1) is 12.8 Å². The molecule has 0 spiro atoms. The summed E-state index contributed by atoms with van der Waals surface area (Å²) in [6.07, 6.45) is 4.93. The number of amides is 3. The van der Waals surface area contributed by atoms with Crippen LogP contribution in [0.25, 0.3) is 0 Å². The van der Waals surface area contributed by atoms with Crippen LogP contribution in [-0.4, -0.2) is 57.4 Å². The van der Waals surface area contributed by atoms with E-state index in [1.54, 1.807) is 36.9 Å². The third-order valence-corrected chi connectivity index (χ3v) is 7.88. The standard InChI is InChI=1S/C38H45N5O6/c1-26(2)35(43-38(47)49-25-31-17-27(3)21-40-23-31)36(45)41-32(18-28-11-6-4-7-12-28)20-34(44)33(19-29-13-8-5-9-14-29)42-37(46)48-24-30-15-10-16-39-22-30/h4-17,21-23,26,32-35,44H,18-20,24-25H2,1-3H3,(H,41,45)(H,42,46)(H,43,47)/t32-,33-,34-,35?/m0/s1. The Hall–Kier alpha value is -5.29. The third kappa shape index (κ3) is 12.7. The van der Waals surface area contributed by atoms with E-state index in [2.05, 4.69) is 25.9 Å². The van der Waals surface area contributed by atoms with Crippen LogP contribution in [0.3, 0.4) is 0 Å². The van der Waals surface area contributed by atoms with E-state index in [0.29, 0.717) is 12.8 Å². The van der Waals surface area contributed by atoms with Gasteiger partial charge in [0.2, 0.25) is 5.91 Å². The molecular formula is C38H45N5O6. The number of aliphatic hydroxyl groups excluding tert-OH is 1. The number of benzene rings is 2. The summed E-state index contributed by atoms with van der Waals surface area (Å²) in [5, 5.41) is 20.2. The van der Waals surface area contributed by atoms with Crippen molar-refractivity contribution >= 4 is 18.1 Å². The van der Waals surface area contributed by atoms with Crippen molar-refractivity contribution in [3.05, 3.63) is 131 Å². The Morgan fingerprint density at radius 3 is 1.92 bits per heavy atom. The second-order valence-corrected chi connectivity index (χ2v) is 12.4. The monoisotopic (exact) mass is 667 g/mol. The predicted octanol–water partition coefficient (Wildman–Crippen LogP) is 5.05. The highest BCUT2D eigenvalue weighted by molar-refractivity contribution is 5.86. The summed E-state index contributed by atoms with van der Waals surface area (Å²) < 4.78 is 10.8. The van der Waals surface area contributed by atoms with Crippen LogP contribution in [0.2, 0.25) is 0 Å². The number of alkyl carbamates (subject to hydrolysis) is 2. The summed E-state index contributed by atoms with van der Waals surface area (Å²) in [5.41, 5.74) is 4.26. The molecule has 4 aromatic rings. The molecule has 0 aliphatic carbocycles. The molecular weight excluding hydrogens is 622 g/mol. The highest BCUT2D eigenvalue weighted by Crippen LogP contribution is 2.16. The van der Waals surface area contributed by atoms with Crippen LogP contribution < -0.4 is 16.0 Å². The van der Waals surface area contributed by atoms with Crippen molar-refractivity contribution in [3.8, 4) is 0 Å². The average molecular weight is 668 g/mol. The number of carbonyl (C=O) groups is 3. The molecule has 0 bridgehead atoms. The quantitative estimate of drug-likeness (QED) is 0.130. The fourth-order valence-corrected chi connectivity index (χ4v) is 5.36. The van der Waals surface area contributed by atoms with Gasteiger partial charge in [-0.15, -0.1) is 0 Å². The van der Waals surface area contributed by atoms with Gasteiger partial charge in [0.25, 0.3) is 0 Å². The number of pyridine rings is 2. The number of aryl methyl sites for hydroxylation is 1. The maximum absolute atomic E-state index is 13.7. The molecule has 0 saturated carbocycles. The van der Waals surface area contributed by atoms with Gasteiger partial charge in [-0.25, -0.2) is 9.59 Å². The second kappa shape index (κ2) is 18.9. The lowest BCUT2D eigenvalue weighted by molar-refractivity contribution is -0.125. The van der Waals surface area contributed by atoms with Crippen molar-refractivity contribution in [3.63, 3.8) is 0 Å². The fraction of sp³-hybridized carbons (Fsp3) is 0.342. The molecule has 3 amide bonds. The Balaban J connectivity index is 1.46. The maximum Gasteiger partial charge on any atom is 0.408 e. The van der Waals surface area contributed by atoms with Gasteiger partial charge in [-0.2, -0.15) is 0 Å². The minimum Gasteiger partial charge on any atom is -0.445 e. The van der Waals surface area contributed by atoms with Crippen LogP contribution in [0.1, 0.15) is 48.1 Å². The molecule has 11 nitrogen and oxygen atoms in total. The molecule has 4 atom stereocenters. The number of hydrogen-bond acceptors (Lipinski definition) is 8. The number of nitrogens with zero attached hydrogens (tertiary/aromatic N) is 2. The zero-order valence-corrected chi connectivity index (χ0v) is 28.1. The Morgan fingerprint density at radius 1 is 0.714 bits per heavy atom. The molecule has 258 valence electrons. The van der Waals surface area contributed by atoms with Crippen LogP contribution in [0.4, 0.5) is 9.59 Å². The molecule has 2 heterocycles. The van der Waals surface area contributed by atoms with Crippen LogP contribution >= 0.6 is 0 Å². The Labute approximate surface area is 287 Å². The second-order valence-electron chi connectivity index (χ2n) is 12.4. The summed E-state index contributed by atoms with van der Waals surface area (Å²) in [6.45, 7) is 5.58. The topological polar surface area (TPSA) is 152 Å². The number of hydrogen-bond donors (Lipinski definition) is 4. The lowest BCUT2D eigenvalue weighted by Gasteiger charge is -2.30. The van der Waals surface area contributed by atoms with E-state index in [1.165, 1.54) is 0 Å². The number of carbonyl (C=O) groups excluding carboxylic acids is 3. The predicted molar refractivity (Wildman–Crippen MR) is 185 cm³/mol. The molecule has 1 unspecified atom stereocenters. The first-order chi connectivity index (χ1) is 23.7. The number of aromatic nitrogens is 2. The summed E-state index contributed by atoms with van der Waals surface area (Å²) >= 11 is 0. The molecule has 0 radical (unpaired) electrons. The highest BCUT2D eigenvalue weighted by atomic mass is 16.6. The average Bonchev–Trinajstić information content (AvgIpc) is 3.09. The van der Waals surface area contributed by atoms with E-state index in [0.717, 1.165) is 27.8 Å². The van der Waals surface area contributed by atoms with Gasteiger partial charge in [0.1, 0.15) is 19.3 Å². The van der Waals surface area contributed by atoms with Gasteiger partial charge in [0.05, 0.1) is 12.1 Å². The van der Waals surface area contributed by atoms with Crippen molar-refractivity contribution in [2.75, 3.05) is 0 Å². The van der Waals surface area contributed by atoms with Crippen molar-refractivity contribution in [2.45, 2.75) is 77.5 Å². The van der Waals surface area contributed by atoms with E-state index < -0.39 is 42.3 Å². The minimum atomic E-state index is -1.07. The number of nitrogens with one attached hydrogen (secondary N) is 3. The largest absolute Gasteiger partial charge is 0.445 e. The van der Waals surface area contributed by atoms with Gasteiger partial charge in [-0.05, 0) is 60.9 Å². The first kappa shape index (κ1) is 36.5. The van der Waals surface area contributed by atoms with Crippen molar-refractivity contribution < 1.29 is 29.0 Å². The summed E-state index contributed by atoms with van der Waals surface area (Å²) in [5.74, 6) is -0.682. The lowest BCUT2D eigenvalue weighted by atomic mass is 9.93. The van der Waals surface area contributed by atoms with E-state index in [9.17, 15) is 19.5 Å². The number of ether oxygens (including phenoxy) is 2. The van der Waals surface area contributed by atoms with Crippen molar-refractivity contribution in [2.24, 2.45) is 5.92 Å². The van der Waals surface area contributed by atoms with Crippen molar-refractivity contribution in [1.82, 2.24) is 25.9 Å². The van der Waals surface area contributed by atoms with Crippen molar-refractivity contribution in [1.29, 1.82) is 0 Å². The maximum atomic E-state index is 13.7. The SMILES string of the molecule is Cc1cncc(COC(=O)NC(C(=O)N[C@@H](Cc2ccccc2)C[C@H](O)[C@H](Cc2ccccc2)NC(=O)OCc2cccnc2)C(C)C)c1. The molecule has 0 saturated heterocycles. The Bertz CT molecular complexity index is 1610. The van der Waals surface area contributed by atoms with Gasteiger partial charge in [0, 0.05) is 42.0 Å². The minimum absolute atomic E-state index is 0.0102. The van der Waals surface area contributed by atoms with Crippen LogP contribution in [0.5, 0.6) is 0 Å². The van der Waals surface area contributed by atoms with Gasteiger partial charge < -0.3 is 30.5 Å². The fourth-order valence-electron chi connectivity index (χ4n) is 5.36. The molecule has 4 rings (SSSR count). The van der Waals surface area contributed by atoms with Gasteiger partial charge in [-0.1, -0.05) is 80.6 Å². The van der Waals surface area contributed by atoms with E-state index in [1.807, 2.05) is 87.5 Å².